The number of nitro groups is 1. The minimum Gasteiger partial charge on any atom is -0.482 e. The van der Waals surface area contributed by atoms with Gasteiger partial charge in [-0.1, -0.05) is 11.6 Å². The fourth-order valence-corrected chi connectivity index (χ4v) is 3.50. The average Bonchev–Trinajstić information content (AvgIpc) is 2.74. The molecule has 2 amide bonds. The normalized spacial score (nSPS) is 15.6. The van der Waals surface area contributed by atoms with E-state index < -0.39 is 10.8 Å². The number of amides is 2. The standard InChI is InChI=1S/C19H17ClN4O6/c20-13-8-15-17(30-10-18(25)21-15)9-14(13)22-19(26)12-7-11(24(27)28)1-2-16(12)23-3-5-29-6-4-23/h1-2,7-9H,3-6,10H2,(H,21,25)(H,22,26). The Labute approximate surface area is 175 Å². The number of nitro benzene ring substituents is 1. The van der Waals surface area contributed by atoms with Gasteiger partial charge in [0.25, 0.3) is 17.5 Å². The molecular weight excluding hydrogens is 416 g/mol. The van der Waals surface area contributed by atoms with Crippen molar-refractivity contribution in [3.05, 3.63) is 51.0 Å². The van der Waals surface area contributed by atoms with Crippen molar-refractivity contribution >= 4 is 46.2 Å². The van der Waals surface area contributed by atoms with Crippen LogP contribution in [0.3, 0.4) is 0 Å². The third-order valence-electron chi connectivity index (χ3n) is 4.74. The average molecular weight is 433 g/mol. The number of morpholine rings is 1. The summed E-state index contributed by atoms with van der Waals surface area (Å²) in [6.07, 6.45) is 0. The predicted octanol–water partition coefficient (Wildman–Crippen LogP) is 2.67. The summed E-state index contributed by atoms with van der Waals surface area (Å²) < 4.78 is 10.7. The first-order valence-corrected chi connectivity index (χ1v) is 9.49. The summed E-state index contributed by atoms with van der Waals surface area (Å²) in [6.45, 7) is 1.97. The fraction of sp³-hybridized carbons (Fsp3) is 0.263. The molecule has 2 aliphatic rings. The number of fused-ring (bicyclic) bond motifs is 1. The van der Waals surface area contributed by atoms with Gasteiger partial charge in [-0.25, -0.2) is 0 Å². The van der Waals surface area contributed by atoms with E-state index in [0.29, 0.717) is 43.4 Å². The summed E-state index contributed by atoms with van der Waals surface area (Å²) in [6, 6.07) is 7.14. The number of ether oxygens (including phenoxy) is 2. The number of rotatable bonds is 4. The summed E-state index contributed by atoms with van der Waals surface area (Å²) in [5.74, 6) is -0.495. The fourth-order valence-electron chi connectivity index (χ4n) is 3.28. The molecule has 10 nitrogen and oxygen atoms in total. The van der Waals surface area contributed by atoms with Crippen LogP contribution in [-0.4, -0.2) is 49.6 Å². The molecule has 0 spiro atoms. The second-order valence-corrected chi connectivity index (χ2v) is 7.08. The lowest BCUT2D eigenvalue weighted by Crippen LogP contribution is -2.37. The lowest BCUT2D eigenvalue weighted by atomic mass is 10.1. The van der Waals surface area contributed by atoms with E-state index in [0.717, 1.165) is 0 Å². The molecule has 2 aromatic rings. The van der Waals surface area contributed by atoms with Gasteiger partial charge in [0, 0.05) is 31.3 Å². The topological polar surface area (TPSA) is 123 Å². The van der Waals surface area contributed by atoms with Crippen LogP contribution in [0.15, 0.2) is 30.3 Å². The molecule has 0 bridgehead atoms. The maximum absolute atomic E-state index is 13.1. The molecule has 0 unspecified atom stereocenters. The third-order valence-corrected chi connectivity index (χ3v) is 5.05. The quantitative estimate of drug-likeness (QED) is 0.562. The SMILES string of the molecule is O=C1COc2cc(NC(=O)c3cc([N+](=O)[O-])ccc3N3CCOCC3)c(Cl)cc2N1. The van der Waals surface area contributed by atoms with Crippen molar-refractivity contribution in [3.63, 3.8) is 0 Å². The van der Waals surface area contributed by atoms with E-state index in [9.17, 15) is 19.7 Å². The highest BCUT2D eigenvalue weighted by molar-refractivity contribution is 6.34. The minimum atomic E-state index is -0.554. The van der Waals surface area contributed by atoms with Crippen LogP contribution in [-0.2, 0) is 9.53 Å². The maximum Gasteiger partial charge on any atom is 0.270 e. The molecule has 2 N–H and O–H groups in total. The van der Waals surface area contributed by atoms with Crippen LogP contribution in [0.5, 0.6) is 5.75 Å². The first-order valence-electron chi connectivity index (χ1n) is 9.11. The van der Waals surface area contributed by atoms with Crippen LogP contribution in [0, 0.1) is 10.1 Å². The Kier molecular flexibility index (Phi) is 5.42. The van der Waals surface area contributed by atoms with Crippen molar-refractivity contribution in [1.29, 1.82) is 0 Å². The van der Waals surface area contributed by atoms with E-state index in [1.807, 2.05) is 4.90 Å². The molecule has 0 saturated carbocycles. The highest BCUT2D eigenvalue weighted by atomic mass is 35.5. The zero-order valence-corrected chi connectivity index (χ0v) is 16.4. The second kappa shape index (κ2) is 8.17. The molecule has 1 saturated heterocycles. The third kappa shape index (κ3) is 4.00. The van der Waals surface area contributed by atoms with Gasteiger partial charge in [0.15, 0.2) is 6.61 Å². The number of carbonyl (C=O) groups excluding carboxylic acids is 2. The van der Waals surface area contributed by atoms with Gasteiger partial charge in [-0.2, -0.15) is 0 Å². The van der Waals surface area contributed by atoms with Crippen molar-refractivity contribution in [2.24, 2.45) is 0 Å². The van der Waals surface area contributed by atoms with Crippen molar-refractivity contribution in [3.8, 4) is 5.75 Å². The highest BCUT2D eigenvalue weighted by Crippen LogP contribution is 2.37. The number of halogens is 1. The van der Waals surface area contributed by atoms with Gasteiger partial charge < -0.3 is 25.0 Å². The van der Waals surface area contributed by atoms with Crippen LogP contribution in [0.1, 0.15) is 10.4 Å². The predicted molar refractivity (Wildman–Crippen MR) is 110 cm³/mol. The van der Waals surface area contributed by atoms with Crippen molar-refractivity contribution in [1.82, 2.24) is 0 Å². The van der Waals surface area contributed by atoms with E-state index in [1.165, 1.54) is 24.3 Å². The highest BCUT2D eigenvalue weighted by Gasteiger charge is 2.24. The molecule has 2 aliphatic heterocycles. The molecule has 0 aliphatic carbocycles. The van der Waals surface area contributed by atoms with Crippen LogP contribution < -0.4 is 20.3 Å². The van der Waals surface area contributed by atoms with Crippen molar-refractivity contribution in [2.45, 2.75) is 0 Å². The molecule has 11 heteroatoms. The largest absolute Gasteiger partial charge is 0.482 e. The Balaban J connectivity index is 1.66. The first-order chi connectivity index (χ1) is 14.4. The van der Waals surface area contributed by atoms with Gasteiger partial charge in [-0.05, 0) is 12.1 Å². The minimum absolute atomic E-state index is 0.145. The molecule has 0 radical (unpaired) electrons. The number of carbonyl (C=O) groups is 2. The molecule has 0 aromatic heterocycles. The first kappa shape index (κ1) is 19.9. The van der Waals surface area contributed by atoms with Gasteiger partial charge in [0.05, 0.1) is 45.8 Å². The number of hydrogen-bond donors (Lipinski definition) is 2. The summed E-state index contributed by atoms with van der Waals surface area (Å²) in [5.41, 5.74) is 1.18. The Hall–Kier alpha value is -3.37. The van der Waals surface area contributed by atoms with Crippen molar-refractivity contribution in [2.75, 3.05) is 48.4 Å². The van der Waals surface area contributed by atoms with Crippen LogP contribution in [0.25, 0.3) is 0 Å². The summed E-state index contributed by atoms with van der Waals surface area (Å²) in [4.78, 5) is 37.1. The lowest BCUT2D eigenvalue weighted by Gasteiger charge is -2.30. The molecule has 1 fully saturated rings. The Morgan fingerprint density at radius 2 is 2.00 bits per heavy atom. The number of non-ortho nitro benzene ring substituents is 1. The molecule has 30 heavy (non-hydrogen) atoms. The van der Waals surface area contributed by atoms with Crippen LogP contribution in [0.4, 0.5) is 22.7 Å². The summed E-state index contributed by atoms with van der Waals surface area (Å²) in [5, 5.41) is 16.7. The zero-order valence-electron chi connectivity index (χ0n) is 15.6. The molecule has 2 aromatic carbocycles. The van der Waals surface area contributed by atoms with Crippen LogP contribution >= 0.6 is 11.6 Å². The molecule has 4 rings (SSSR count). The number of benzene rings is 2. The lowest BCUT2D eigenvalue weighted by molar-refractivity contribution is -0.384. The molecule has 2 heterocycles. The van der Waals surface area contributed by atoms with E-state index in [4.69, 9.17) is 21.1 Å². The second-order valence-electron chi connectivity index (χ2n) is 6.68. The molecule has 0 atom stereocenters. The zero-order chi connectivity index (χ0) is 21.3. The number of nitrogens with one attached hydrogen (secondary N) is 2. The van der Waals surface area contributed by atoms with Gasteiger partial charge in [0.1, 0.15) is 5.75 Å². The number of anilines is 3. The number of nitrogens with zero attached hydrogens (tertiary/aromatic N) is 2. The Morgan fingerprint density at radius 3 is 2.73 bits per heavy atom. The molecule has 156 valence electrons. The Morgan fingerprint density at radius 1 is 1.23 bits per heavy atom. The number of hydrogen-bond acceptors (Lipinski definition) is 7. The van der Waals surface area contributed by atoms with Crippen molar-refractivity contribution < 1.29 is 24.0 Å². The Bertz CT molecular complexity index is 1040. The van der Waals surface area contributed by atoms with Gasteiger partial charge in [-0.15, -0.1) is 0 Å². The van der Waals surface area contributed by atoms with E-state index in [2.05, 4.69) is 10.6 Å². The summed E-state index contributed by atoms with van der Waals surface area (Å²) in [7, 11) is 0. The van der Waals surface area contributed by atoms with Gasteiger partial charge >= 0.3 is 0 Å². The van der Waals surface area contributed by atoms with Gasteiger partial charge in [0.2, 0.25) is 0 Å². The van der Waals surface area contributed by atoms with Crippen LogP contribution in [0.2, 0.25) is 5.02 Å². The van der Waals surface area contributed by atoms with E-state index >= 15 is 0 Å². The summed E-state index contributed by atoms with van der Waals surface area (Å²) >= 11 is 6.25. The van der Waals surface area contributed by atoms with E-state index in [1.54, 1.807) is 6.07 Å². The molecular formula is C19H17ClN4O6. The smallest absolute Gasteiger partial charge is 0.270 e. The monoisotopic (exact) mass is 432 g/mol. The van der Waals surface area contributed by atoms with Gasteiger partial charge in [-0.3, -0.25) is 19.7 Å². The van der Waals surface area contributed by atoms with E-state index in [-0.39, 0.29) is 34.5 Å². The maximum atomic E-state index is 13.1.